The number of nitrogens with one attached hydrogen (secondary N) is 1. The van der Waals surface area contributed by atoms with Crippen molar-refractivity contribution in [2.75, 3.05) is 0 Å². The third-order valence-electron chi connectivity index (χ3n) is 3.15. The highest BCUT2D eigenvalue weighted by Crippen LogP contribution is 2.23. The van der Waals surface area contributed by atoms with E-state index in [0.29, 0.717) is 11.6 Å². The zero-order valence-corrected chi connectivity index (χ0v) is 11.6. The zero-order chi connectivity index (χ0) is 14.3. The molecule has 102 valence electrons. The van der Waals surface area contributed by atoms with Gasteiger partial charge in [-0.1, -0.05) is 23.8 Å². The van der Waals surface area contributed by atoms with E-state index < -0.39 is 5.95 Å². The maximum absolute atomic E-state index is 14.1. The monoisotopic (exact) mass is 270 g/mol. The van der Waals surface area contributed by atoms with E-state index in [0.717, 1.165) is 22.5 Å². The largest absolute Gasteiger partial charge is 0.299 e. The lowest BCUT2D eigenvalue weighted by Gasteiger charge is -1.99. The fourth-order valence-electron chi connectivity index (χ4n) is 2.27. The summed E-state index contributed by atoms with van der Waals surface area (Å²) in [6.07, 6.45) is 0. The lowest BCUT2D eigenvalue weighted by molar-refractivity contribution is 0.590. The molecular formula is C15H15FN4. The molecule has 0 aliphatic heterocycles. The third kappa shape index (κ3) is 2.11. The summed E-state index contributed by atoms with van der Waals surface area (Å²) in [4.78, 5) is 6.99. The summed E-state index contributed by atoms with van der Waals surface area (Å²) in [5.41, 5.74) is 3.92. The molecule has 0 unspecified atom stereocenters. The molecule has 1 aromatic carbocycles. The molecule has 0 spiro atoms. The van der Waals surface area contributed by atoms with Gasteiger partial charge in [0.2, 0.25) is 11.9 Å². The number of hydrogen-bond acceptors (Lipinski definition) is 2. The Bertz CT molecular complexity index is 770. The normalized spacial score (nSPS) is 11.0. The molecule has 3 aromatic rings. The van der Waals surface area contributed by atoms with Crippen molar-refractivity contribution in [1.82, 2.24) is 19.7 Å². The summed E-state index contributed by atoms with van der Waals surface area (Å²) >= 11 is 0. The molecule has 0 saturated heterocycles. The topological polar surface area (TPSA) is 46.5 Å². The number of halogens is 1. The number of aryl methyl sites for hydroxylation is 3. The van der Waals surface area contributed by atoms with Gasteiger partial charge in [-0.2, -0.15) is 9.49 Å². The highest BCUT2D eigenvalue weighted by molar-refractivity contribution is 5.60. The fourth-order valence-corrected chi connectivity index (χ4v) is 2.27. The molecule has 2 aromatic heterocycles. The van der Waals surface area contributed by atoms with Crippen LogP contribution in [0.1, 0.15) is 17.0 Å². The summed E-state index contributed by atoms with van der Waals surface area (Å²) in [6.45, 7) is 5.77. The molecule has 0 saturated carbocycles. The first-order chi connectivity index (χ1) is 9.54. The maximum Gasteiger partial charge on any atom is 0.231 e. The van der Waals surface area contributed by atoms with Crippen LogP contribution in [-0.4, -0.2) is 19.7 Å². The van der Waals surface area contributed by atoms with Crippen LogP contribution in [0, 0.1) is 26.7 Å². The summed E-state index contributed by atoms with van der Waals surface area (Å²) in [6, 6.07) is 9.53. The number of nitrogens with zero attached hydrogens (tertiary/aromatic N) is 3. The van der Waals surface area contributed by atoms with Gasteiger partial charge in [0, 0.05) is 11.3 Å². The van der Waals surface area contributed by atoms with Crippen molar-refractivity contribution in [3.63, 3.8) is 0 Å². The second kappa shape index (κ2) is 4.59. The van der Waals surface area contributed by atoms with Gasteiger partial charge >= 0.3 is 0 Å². The Morgan fingerprint density at radius 2 is 1.95 bits per heavy atom. The average Bonchev–Trinajstić information content (AvgIpc) is 2.92. The number of hydrogen-bond donors (Lipinski definition) is 1. The molecule has 2 heterocycles. The number of aromatic amines is 1. The van der Waals surface area contributed by atoms with Crippen molar-refractivity contribution >= 4 is 0 Å². The van der Waals surface area contributed by atoms with E-state index in [1.54, 1.807) is 4.68 Å². The number of rotatable bonds is 2. The molecule has 3 rings (SSSR count). The van der Waals surface area contributed by atoms with Crippen LogP contribution in [0.2, 0.25) is 0 Å². The van der Waals surface area contributed by atoms with Crippen LogP contribution in [-0.2, 0) is 0 Å². The molecular weight excluding hydrogens is 255 g/mol. The number of benzene rings is 1. The van der Waals surface area contributed by atoms with E-state index in [1.807, 2.05) is 51.1 Å². The first-order valence-electron chi connectivity index (χ1n) is 6.41. The van der Waals surface area contributed by atoms with Crippen molar-refractivity contribution < 1.29 is 4.39 Å². The average molecular weight is 270 g/mol. The van der Waals surface area contributed by atoms with Crippen LogP contribution >= 0.6 is 0 Å². The van der Waals surface area contributed by atoms with Gasteiger partial charge in [-0.25, -0.2) is 9.67 Å². The lowest BCUT2D eigenvalue weighted by atomic mass is 10.1. The molecule has 0 atom stereocenters. The van der Waals surface area contributed by atoms with Crippen molar-refractivity contribution in [3.05, 3.63) is 53.2 Å². The minimum absolute atomic E-state index is 0.316. The van der Waals surface area contributed by atoms with E-state index in [9.17, 15) is 4.39 Å². The molecule has 0 radical (unpaired) electrons. The Hall–Kier alpha value is -2.43. The predicted octanol–water partition coefficient (Wildman–Crippen LogP) is 3.33. The highest BCUT2D eigenvalue weighted by atomic mass is 19.1. The summed E-state index contributed by atoms with van der Waals surface area (Å²) in [5.74, 6) is -0.0530. The second-order valence-electron chi connectivity index (χ2n) is 4.93. The molecule has 5 heteroatoms. The molecule has 20 heavy (non-hydrogen) atoms. The van der Waals surface area contributed by atoms with Crippen LogP contribution in [0.3, 0.4) is 0 Å². The Morgan fingerprint density at radius 1 is 1.15 bits per heavy atom. The van der Waals surface area contributed by atoms with Crippen molar-refractivity contribution in [1.29, 1.82) is 0 Å². The van der Waals surface area contributed by atoms with E-state index >= 15 is 0 Å². The Labute approximate surface area is 116 Å². The van der Waals surface area contributed by atoms with E-state index in [1.165, 1.54) is 0 Å². The predicted molar refractivity (Wildman–Crippen MR) is 75.3 cm³/mol. The first kappa shape index (κ1) is 12.6. The van der Waals surface area contributed by atoms with Crippen molar-refractivity contribution in [2.45, 2.75) is 20.8 Å². The number of imidazole rings is 1. The molecule has 0 aliphatic carbocycles. The van der Waals surface area contributed by atoms with Crippen LogP contribution < -0.4 is 0 Å². The third-order valence-corrected chi connectivity index (χ3v) is 3.15. The van der Waals surface area contributed by atoms with Crippen LogP contribution in [0.4, 0.5) is 4.39 Å². The van der Waals surface area contributed by atoms with Crippen molar-refractivity contribution in [3.8, 4) is 17.2 Å². The van der Waals surface area contributed by atoms with E-state index in [4.69, 9.17) is 0 Å². The smallest absolute Gasteiger partial charge is 0.231 e. The molecule has 0 bridgehead atoms. The Morgan fingerprint density at radius 3 is 2.60 bits per heavy atom. The Kier molecular flexibility index (Phi) is 2.89. The number of aromatic nitrogens is 4. The quantitative estimate of drug-likeness (QED) is 0.776. The molecule has 0 fully saturated rings. The minimum Gasteiger partial charge on any atom is -0.299 e. The molecule has 0 aliphatic rings. The Balaban J connectivity index is 2.10. The van der Waals surface area contributed by atoms with Gasteiger partial charge in [0.05, 0.1) is 5.69 Å². The zero-order valence-electron chi connectivity index (χ0n) is 11.6. The fraction of sp³-hybridized carbons (Fsp3) is 0.200. The lowest BCUT2D eigenvalue weighted by Crippen LogP contribution is -2.01. The van der Waals surface area contributed by atoms with Gasteiger partial charge in [-0.05, 0) is 32.9 Å². The van der Waals surface area contributed by atoms with Gasteiger partial charge in [-0.15, -0.1) is 0 Å². The summed E-state index contributed by atoms with van der Waals surface area (Å²) < 4.78 is 15.7. The molecule has 1 N–H and O–H groups in total. The van der Waals surface area contributed by atoms with Crippen LogP contribution in [0.25, 0.3) is 17.2 Å². The van der Waals surface area contributed by atoms with E-state index in [-0.39, 0.29) is 0 Å². The SMILES string of the molecule is Cc1cccc(-c2nc(-n3nc(C)cc3C)[nH]c2F)c1. The maximum atomic E-state index is 14.1. The van der Waals surface area contributed by atoms with Gasteiger partial charge in [-0.3, -0.25) is 4.98 Å². The molecule has 4 nitrogen and oxygen atoms in total. The van der Waals surface area contributed by atoms with Gasteiger partial charge in [0.25, 0.3) is 0 Å². The van der Waals surface area contributed by atoms with E-state index in [2.05, 4.69) is 15.1 Å². The minimum atomic E-state index is -0.446. The van der Waals surface area contributed by atoms with Crippen molar-refractivity contribution in [2.24, 2.45) is 0 Å². The van der Waals surface area contributed by atoms with Gasteiger partial charge in [0.1, 0.15) is 5.69 Å². The molecule has 0 amide bonds. The summed E-state index contributed by atoms with van der Waals surface area (Å²) in [5, 5.41) is 4.30. The first-order valence-corrected chi connectivity index (χ1v) is 6.41. The summed E-state index contributed by atoms with van der Waals surface area (Å²) in [7, 11) is 0. The number of H-pyrrole nitrogens is 1. The standard InChI is InChI=1S/C15H15FN4/c1-9-5-4-6-12(7-9)13-14(16)18-15(17-13)20-11(3)8-10(2)19-20/h4-8H,1-3H3,(H,17,18). The van der Waals surface area contributed by atoms with Crippen LogP contribution in [0.15, 0.2) is 30.3 Å². The second-order valence-corrected chi connectivity index (χ2v) is 4.93. The highest BCUT2D eigenvalue weighted by Gasteiger charge is 2.15. The van der Waals surface area contributed by atoms with Gasteiger partial charge < -0.3 is 0 Å². The van der Waals surface area contributed by atoms with Crippen LogP contribution in [0.5, 0.6) is 0 Å². The van der Waals surface area contributed by atoms with Gasteiger partial charge in [0.15, 0.2) is 0 Å².